The van der Waals surface area contributed by atoms with Crippen molar-refractivity contribution in [2.45, 2.75) is 308 Å². The maximum Gasteiger partial charge on any atom is 0.220 e. The molecule has 0 atom stereocenters. The van der Waals surface area contributed by atoms with E-state index in [-0.39, 0.29) is 87.0 Å². The summed E-state index contributed by atoms with van der Waals surface area (Å²) >= 11 is 0. The van der Waals surface area contributed by atoms with Gasteiger partial charge < -0.3 is 51.3 Å². The average Bonchev–Trinajstić information content (AvgIpc) is 0.977. The fraction of sp³-hybridized carbons (Fsp3) is 0.808. The van der Waals surface area contributed by atoms with Gasteiger partial charge in [0.05, 0.1) is 6.61 Å². The summed E-state index contributed by atoms with van der Waals surface area (Å²) in [7, 11) is 0. The van der Waals surface area contributed by atoms with E-state index in [0.29, 0.717) is 19.6 Å². The van der Waals surface area contributed by atoms with E-state index in [1.165, 1.54) is 91.3 Å². The van der Waals surface area contributed by atoms with E-state index in [9.17, 15) is 50.8 Å². The molecular formula is C78H138N2O11. The minimum Gasteiger partial charge on any atom is -0.396 e. The van der Waals surface area contributed by atoms with Crippen LogP contribution in [-0.4, -0.2) is 124 Å². The number of rotatable bonds is 66. The number of nitrogens with one attached hydrogen (secondary N) is 2. The van der Waals surface area contributed by atoms with E-state index in [1.807, 2.05) is 0 Å². The number of carbonyl (C=O) groups excluding carboxylic acids is 1. The highest BCUT2D eigenvalue weighted by molar-refractivity contribution is 6.02. The molecule has 0 heterocycles. The summed E-state index contributed by atoms with van der Waals surface area (Å²) in [5.74, 6) is 0.175. The number of fused-ring (bicyclic) bond motifs is 2. The third kappa shape index (κ3) is 35.7. The molecule has 1 amide bonds. The molecule has 0 aliphatic heterocycles. The van der Waals surface area contributed by atoms with E-state index in [0.717, 1.165) is 238 Å². The largest absolute Gasteiger partial charge is 0.396 e. The van der Waals surface area contributed by atoms with Crippen molar-refractivity contribution >= 4 is 27.5 Å². The first-order chi connectivity index (χ1) is 44.6. The van der Waals surface area contributed by atoms with Gasteiger partial charge in [0.15, 0.2) is 0 Å². The molecule has 11 N–H and O–H groups in total. The van der Waals surface area contributed by atoms with Crippen LogP contribution in [-0.2, 0) is 16.2 Å². The van der Waals surface area contributed by atoms with Crippen molar-refractivity contribution in [3.8, 4) is 0 Å². The molecule has 13 nitrogen and oxygen atoms in total. The smallest absolute Gasteiger partial charge is 0.220 e. The second-order valence-corrected chi connectivity index (χ2v) is 28.2. The summed E-state index contributed by atoms with van der Waals surface area (Å²) in [6.45, 7) is 3.54. The zero-order valence-corrected chi connectivity index (χ0v) is 57.8. The molecule has 0 aliphatic rings. The second kappa shape index (κ2) is 53.4. The van der Waals surface area contributed by atoms with Gasteiger partial charge in [0.25, 0.3) is 0 Å². The van der Waals surface area contributed by atoms with Crippen LogP contribution in [0.15, 0.2) is 54.6 Å². The molecule has 0 unspecified atom stereocenters. The Labute approximate surface area is 554 Å². The quantitative estimate of drug-likeness (QED) is 0.0144. The molecule has 91 heavy (non-hydrogen) atoms. The Bertz CT molecular complexity index is 2010. The number of unbranched alkanes of at least 4 members (excludes halogenated alkanes) is 17. The number of aliphatic hydroxyl groups is 9. The lowest BCUT2D eigenvalue weighted by Crippen LogP contribution is -2.28. The summed E-state index contributed by atoms with van der Waals surface area (Å²) in [5, 5.41) is 96.0. The molecule has 3 rings (SSSR count). The summed E-state index contributed by atoms with van der Waals surface area (Å²) in [5.41, 5.74) is 4.73. The molecule has 0 bridgehead atoms. The fourth-order valence-electron chi connectivity index (χ4n) is 15.9. The number of amides is 1. The van der Waals surface area contributed by atoms with Crippen molar-refractivity contribution in [2.75, 3.05) is 72.6 Å². The van der Waals surface area contributed by atoms with Crippen molar-refractivity contribution in [1.82, 2.24) is 10.8 Å². The molecular weight excluding hydrogens is 1140 g/mol. The van der Waals surface area contributed by atoms with Gasteiger partial charge in [0.1, 0.15) is 0 Å². The standard InChI is InChI=1S/C78H138N2O11/c81-58-26-46-75(47-27-59-82,48-28-60-83)40-18-6-1-3-8-21-43-78(45-23-11-5-10-20-42-77(52-32-64-87,53-33-65-88)54-34-66-89,44-22-9-4-2-7-19-41-76(49-29-61-84,50-30-62-85)51-31-63-86)55-39-74(90)79-56-24-12-13-25-57-80-91-68-73-71-37-16-14-35-69(71)67-70-36-15-17-38-72(70)73/h14-17,35-38,67,80-89H,1-13,18-34,39-66,68H2,(H,79,90). The highest BCUT2D eigenvalue weighted by Gasteiger charge is 2.32. The van der Waals surface area contributed by atoms with E-state index < -0.39 is 0 Å². The molecule has 0 aliphatic carbocycles. The lowest BCUT2D eigenvalue weighted by Gasteiger charge is -2.35. The molecule has 0 radical (unpaired) electrons. The van der Waals surface area contributed by atoms with E-state index >= 15 is 0 Å². The van der Waals surface area contributed by atoms with Crippen LogP contribution < -0.4 is 10.8 Å². The minimum absolute atomic E-state index is 0.0593. The summed E-state index contributed by atoms with van der Waals surface area (Å²) in [6, 6.07) is 19.3. The number of aliphatic hydroxyl groups excluding tert-OH is 9. The molecule has 0 saturated heterocycles. The second-order valence-electron chi connectivity index (χ2n) is 28.2. The van der Waals surface area contributed by atoms with Crippen molar-refractivity contribution in [3.05, 3.63) is 60.2 Å². The molecule has 0 aromatic heterocycles. The van der Waals surface area contributed by atoms with Gasteiger partial charge in [-0.3, -0.25) is 9.63 Å². The molecule has 0 saturated carbocycles. The summed E-state index contributed by atoms with van der Waals surface area (Å²) in [4.78, 5) is 20.0. The predicted molar refractivity (Wildman–Crippen MR) is 378 cm³/mol. The maximum absolute atomic E-state index is 13.9. The Morgan fingerprint density at radius 1 is 0.308 bits per heavy atom. The number of hydroxylamine groups is 1. The number of hydrogen-bond donors (Lipinski definition) is 11. The van der Waals surface area contributed by atoms with E-state index in [1.54, 1.807) is 0 Å². The van der Waals surface area contributed by atoms with Crippen molar-refractivity contribution in [3.63, 3.8) is 0 Å². The first-order valence-corrected chi connectivity index (χ1v) is 37.6. The van der Waals surface area contributed by atoms with Gasteiger partial charge in [-0.05, 0) is 228 Å². The Morgan fingerprint density at radius 2 is 0.560 bits per heavy atom. The SMILES string of the molecule is O=C(CCC(CCCCCCCCC(CCCO)(CCCO)CCCO)(CCCCCCCCC(CCCO)(CCCO)CCCO)CCCCCCCC(CCCO)(CCCO)CCCO)NCCCCCCNOCc1c2ccccc2cc2ccccc12. The molecule has 0 spiro atoms. The van der Waals surface area contributed by atoms with Crippen LogP contribution in [0.2, 0.25) is 0 Å². The van der Waals surface area contributed by atoms with Crippen LogP contribution in [0.3, 0.4) is 0 Å². The molecule has 526 valence electrons. The monoisotopic (exact) mass is 1280 g/mol. The van der Waals surface area contributed by atoms with Gasteiger partial charge in [0, 0.05) is 79.0 Å². The van der Waals surface area contributed by atoms with E-state index in [4.69, 9.17) is 4.84 Å². The fourth-order valence-corrected chi connectivity index (χ4v) is 15.9. The van der Waals surface area contributed by atoms with E-state index in [2.05, 4.69) is 65.4 Å². The summed E-state index contributed by atoms with van der Waals surface area (Å²) < 4.78 is 0. The Hall–Kier alpha value is -2.79. The third-order valence-electron chi connectivity index (χ3n) is 21.1. The van der Waals surface area contributed by atoms with Crippen LogP contribution in [0.1, 0.15) is 307 Å². The van der Waals surface area contributed by atoms with Crippen LogP contribution in [0, 0.1) is 21.7 Å². The third-order valence-corrected chi connectivity index (χ3v) is 21.1. The molecule has 3 aromatic carbocycles. The van der Waals surface area contributed by atoms with Gasteiger partial charge in [-0.15, -0.1) is 0 Å². The number of benzene rings is 3. The minimum atomic E-state index is 0.0593. The maximum atomic E-state index is 13.9. The Kier molecular flexibility index (Phi) is 48.3. The normalized spacial score (nSPS) is 12.5. The van der Waals surface area contributed by atoms with Crippen molar-refractivity contribution < 1.29 is 55.6 Å². The number of hydrogen-bond acceptors (Lipinski definition) is 12. The molecule has 3 aromatic rings. The number of carbonyl (C=O) groups is 1. The highest BCUT2D eigenvalue weighted by Crippen LogP contribution is 2.45. The predicted octanol–water partition coefficient (Wildman–Crippen LogP) is 16.3. The lowest BCUT2D eigenvalue weighted by atomic mass is 9.70. The van der Waals surface area contributed by atoms with Crippen molar-refractivity contribution in [2.24, 2.45) is 21.7 Å². The lowest BCUT2D eigenvalue weighted by molar-refractivity contribution is -0.121. The van der Waals surface area contributed by atoms with Crippen LogP contribution >= 0.6 is 0 Å². The van der Waals surface area contributed by atoms with Gasteiger partial charge >= 0.3 is 0 Å². The Morgan fingerprint density at radius 3 is 0.868 bits per heavy atom. The Balaban J connectivity index is 1.67. The van der Waals surface area contributed by atoms with Gasteiger partial charge in [0.2, 0.25) is 5.91 Å². The van der Waals surface area contributed by atoms with Gasteiger partial charge in [-0.2, -0.15) is 0 Å². The van der Waals surface area contributed by atoms with Gasteiger partial charge in [-0.1, -0.05) is 171 Å². The summed E-state index contributed by atoms with van der Waals surface area (Å²) in [6.07, 6.45) is 47.3. The zero-order valence-electron chi connectivity index (χ0n) is 57.8. The topological polar surface area (TPSA) is 232 Å². The zero-order chi connectivity index (χ0) is 65.7. The van der Waals surface area contributed by atoms with Crippen LogP contribution in [0.25, 0.3) is 21.5 Å². The van der Waals surface area contributed by atoms with Crippen molar-refractivity contribution in [1.29, 1.82) is 0 Å². The molecule has 0 fully saturated rings. The molecule has 13 heteroatoms. The average molecular weight is 1280 g/mol. The first-order valence-electron chi connectivity index (χ1n) is 37.6. The first kappa shape index (κ1) is 82.4. The van der Waals surface area contributed by atoms with Gasteiger partial charge in [-0.25, -0.2) is 5.48 Å². The van der Waals surface area contributed by atoms with Crippen LogP contribution in [0.5, 0.6) is 0 Å². The highest BCUT2D eigenvalue weighted by atomic mass is 16.6. The van der Waals surface area contributed by atoms with Crippen LogP contribution in [0.4, 0.5) is 0 Å².